The summed E-state index contributed by atoms with van der Waals surface area (Å²) in [5.41, 5.74) is 0.694. The lowest BCUT2D eigenvalue weighted by Gasteiger charge is -2.43. The first-order valence-corrected chi connectivity index (χ1v) is 12.4. The van der Waals surface area contributed by atoms with E-state index in [1.807, 2.05) is 6.07 Å². The van der Waals surface area contributed by atoms with Gasteiger partial charge >= 0.3 is 0 Å². The van der Waals surface area contributed by atoms with E-state index in [-0.39, 0.29) is 38.4 Å². The third kappa shape index (κ3) is 5.60. The van der Waals surface area contributed by atoms with Crippen molar-refractivity contribution in [3.63, 3.8) is 0 Å². The van der Waals surface area contributed by atoms with Crippen molar-refractivity contribution in [3.05, 3.63) is 47.6 Å². The molecule has 1 aromatic carbocycles. The molecule has 160 valence electrons. The van der Waals surface area contributed by atoms with Crippen molar-refractivity contribution in [3.8, 4) is 0 Å². The zero-order valence-corrected chi connectivity index (χ0v) is 17.9. The van der Waals surface area contributed by atoms with Crippen molar-refractivity contribution in [2.75, 3.05) is 33.0 Å². The van der Waals surface area contributed by atoms with E-state index in [4.69, 9.17) is 9.26 Å². The number of methoxy groups -OCH3 is 1. The van der Waals surface area contributed by atoms with Gasteiger partial charge < -0.3 is 9.26 Å². The molecule has 0 unspecified atom stereocenters. The minimum absolute atomic E-state index is 0.107. The predicted molar refractivity (Wildman–Crippen MR) is 105 cm³/mol. The molecule has 0 bridgehead atoms. The summed E-state index contributed by atoms with van der Waals surface area (Å²) in [6.45, 7) is 0.578. The van der Waals surface area contributed by atoms with Gasteiger partial charge in [0.25, 0.3) is 5.89 Å². The minimum Gasteiger partial charge on any atom is -0.375 e. The van der Waals surface area contributed by atoms with Gasteiger partial charge in [0, 0.05) is 33.2 Å². The summed E-state index contributed by atoms with van der Waals surface area (Å²) >= 11 is 0. The molecule has 12 heteroatoms. The molecule has 1 saturated heterocycles. The molecule has 1 aromatic heterocycles. The Kier molecular flexibility index (Phi) is 6.69. The molecule has 0 radical (unpaired) electrons. The Morgan fingerprint density at radius 1 is 1.21 bits per heavy atom. The molecule has 2 heterocycles. The summed E-state index contributed by atoms with van der Waals surface area (Å²) in [5.74, 6) is 0.582. The summed E-state index contributed by atoms with van der Waals surface area (Å²) in [5, 5.41) is 3.80. The standard InChI is InChI=1S/C17H24N4O6S2/c1-26-12-17-18-16(19-27-17)8-9-21(28(2,22)23)15-10-20(11-15)29(24,25)13-14-6-4-3-5-7-14/h3-7,15H,8-13H2,1-2H3. The number of sulfonamides is 2. The smallest absolute Gasteiger partial charge is 0.252 e. The Bertz CT molecular complexity index is 1020. The van der Waals surface area contributed by atoms with Gasteiger partial charge in [-0.3, -0.25) is 0 Å². The van der Waals surface area contributed by atoms with Gasteiger partial charge in [-0.05, 0) is 5.56 Å². The van der Waals surface area contributed by atoms with Gasteiger partial charge in [0.1, 0.15) is 6.61 Å². The van der Waals surface area contributed by atoms with Crippen molar-refractivity contribution in [1.82, 2.24) is 18.8 Å². The van der Waals surface area contributed by atoms with E-state index in [2.05, 4.69) is 10.1 Å². The van der Waals surface area contributed by atoms with Crippen molar-refractivity contribution in [1.29, 1.82) is 0 Å². The molecule has 0 amide bonds. The number of hydrogen-bond acceptors (Lipinski definition) is 8. The quantitative estimate of drug-likeness (QED) is 0.510. The van der Waals surface area contributed by atoms with Gasteiger partial charge in [-0.1, -0.05) is 35.5 Å². The Morgan fingerprint density at radius 3 is 2.52 bits per heavy atom. The molecule has 0 aliphatic carbocycles. The molecule has 3 rings (SSSR count). The first-order chi connectivity index (χ1) is 13.7. The van der Waals surface area contributed by atoms with Gasteiger partial charge in [0.2, 0.25) is 20.0 Å². The lowest BCUT2D eigenvalue weighted by Crippen LogP contribution is -2.62. The largest absolute Gasteiger partial charge is 0.375 e. The van der Waals surface area contributed by atoms with Crippen molar-refractivity contribution >= 4 is 20.0 Å². The van der Waals surface area contributed by atoms with Crippen molar-refractivity contribution in [2.45, 2.75) is 24.8 Å². The van der Waals surface area contributed by atoms with E-state index in [9.17, 15) is 16.8 Å². The van der Waals surface area contributed by atoms with Crippen LogP contribution in [-0.2, 0) is 43.6 Å². The van der Waals surface area contributed by atoms with Crippen LogP contribution in [0.4, 0.5) is 0 Å². The molecule has 1 fully saturated rings. The summed E-state index contributed by atoms with van der Waals surface area (Å²) in [6, 6.07) is 8.47. The molecule has 1 aliphatic rings. The average Bonchev–Trinajstić information content (AvgIpc) is 3.03. The van der Waals surface area contributed by atoms with Gasteiger partial charge in [-0.15, -0.1) is 0 Å². The van der Waals surface area contributed by atoms with Crippen LogP contribution in [0.15, 0.2) is 34.9 Å². The van der Waals surface area contributed by atoms with E-state index in [0.717, 1.165) is 6.26 Å². The van der Waals surface area contributed by atoms with Crippen LogP contribution >= 0.6 is 0 Å². The zero-order chi connectivity index (χ0) is 21.1. The lowest BCUT2D eigenvalue weighted by atomic mass is 10.2. The van der Waals surface area contributed by atoms with Crippen LogP contribution < -0.4 is 0 Å². The topological polar surface area (TPSA) is 123 Å². The summed E-state index contributed by atoms with van der Waals surface area (Å²) < 4.78 is 62.1. The first-order valence-electron chi connectivity index (χ1n) is 8.98. The molecule has 0 saturated carbocycles. The average molecular weight is 445 g/mol. The van der Waals surface area contributed by atoms with Gasteiger partial charge in [-0.2, -0.15) is 13.6 Å². The van der Waals surface area contributed by atoms with Crippen LogP contribution in [0.1, 0.15) is 17.3 Å². The van der Waals surface area contributed by atoms with E-state index in [0.29, 0.717) is 17.3 Å². The number of ether oxygens (including phenoxy) is 1. The third-order valence-electron chi connectivity index (χ3n) is 4.58. The number of benzene rings is 1. The predicted octanol–water partition coefficient (Wildman–Crippen LogP) is 0.234. The van der Waals surface area contributed by atoms with Crippen LogP contribution in [0.5, 0.6) is 0 Å². The Labute approximate surface area is 170 Å². The Morgan fingerprint density at radius 2 is 1.90 bits per heavy atom. The highest BCUT2D eigenvalue weighted by Crippen LogP contribution is 2.23. The van der Waals surface area contributed by atoms with E-state index in [1.54, 1.807) is 24.3 Å². The zero-order valence-electron chi connectivity index (χ0n) is 16.3. The molecule has 1 aliphatic heterocycles. The van der Waals surface area contributed by atoms with Crippen LogP contribution in [-0.4, -0.2) is 74.6 Å². The fraction of sp³-hybridized carbons (Fsp3) is 0.529. The molecular weight excluding hydrogens is 420 g/mol. The van der Waals surface area contributed by atoms with E-state index < -0.39 is 26.1 Å². The highest BCUT2D eigenvalue weighted by Gasteiger charge is 2.41. The Hall–Kier alpha value is -1.86. The number of nitrogens with zero attached hydrogens (tertiary/aromatic N) is 4. The highest BCUT2D eigenvalue weighted by atomic mass is 32.2. The minimum atomic E-state index is -3.53. The van der Waals surface area contributed by atoms with Gasteiger partial charge in [0.05, 0.1) is 18.1 Å². The second-order valence-electron chi connectivity index (χ2n) is 6.87. The van der Waals surface area contributed by atoms with Crippen molar-refractivity contribution in [2.24, 2.45) is 0 Å². The lowest BCUT2D eigenvalue weighted by molar-refractivity contribution is 0.151. The monoisotopic (exact) mass is 444 g/mol. The van der Waals surface area contributed by atoms with E-state index in [1.165, 1.54) is 15.7 Å². The summed E-state index contributed by atoms with van der Waals surface area (Å²) in [6.07, 6.45) is 1.37. The Balaban J connectivity index is 1.60. The van der Waals surface area contributed by atoms with Crippen LogP contribution in [0.25, 0.3) is 0 Å². The maximum absolute atomic E-state index is 12.6. The van der Waals surface area contributed by atoms with E-state index >= 15 is 0 Å². The number of hydrogen-bond donors (Lipinski definition) is 0. The molecule has 29 heavy (non-hydrogen) atoms. The fourth-order valence-electron chi connectivity index (χ4n) is 3.11. The molecular formula is C17H24N4O6S2. The summed E-state index contributed by atoms with van der Waals surface area (Å²) in [4.78, 5) is 4.13. The van der Waals surface area contributed by atoms with Gasteiger partial charge in [0.15, 0.2) is 5.82 Å². The van der Waals surface area contributed by atoms with Crippen molar-refractivity contribution < 1.29 is 26.1 Å². The first kappa shape index (κ1) is 21.8. The highest BCUT2D eigenvalue weighted by molar-refractivity contribution is 7.88. The van der Waals surface area contributed by atoms with Crippen LogP contribution in [0.2, 0.25) is 0 Å². The third-order valence-corrected chi connectivity index (χ3v) is 7.70. The molecule has 10 nitrogen and oxygen atoms in total. The number of aromatic nitrogens is 2. The van der Waals surface area contributed by atoms with Crippen LogP contribution in [0.3, 0.4) is 0 Å². The summed E-state index contributed by atoms with van der Waals surface area (Å²) in [7, 11) is -5.52. The number of rotatable bonds is 10. The second-order valence-corrected chi connectivity index (χ2v) is 10.8. The van der Waals surface area contributed by atoms with Crippen LogP contribution in [0, 0.1) is 0 Å². The molecule has 0 spiro atoms. The fourth-order valence-corrected chi connectivity index (χ4v) is 5.80. The SMILES string of the molecule is COCc1nc(CCN(C2CN(S(=O)(=O)Cc3ccccc3)C2)S(C)(=O)=O)no1. The molecule has 0 atom stereocenters. The normalized spacial score (nSPS) is 16.2. The maximum atomic E-state index is 12.6. The molecule has 2 aromatic rings. The molecule has 0 N–H and O–H groups in total. The maximum Gasteiger partial charge on any atom is 0.252 e. The van der Waals surface area contributed by atoms with Gasteiger partial charge in [-0.25, -0.2) is 16.8 Å². The second kappa shape index (κ2) is 8.88.